The molecule has 0 unspecified atom stereocenters. The van der Waals surface area contributed by atoms with Crippen molar-refractivity contribution in [3.05, 3.63) is 45.2 Å². The normalized spacial score (nSPS) is 13.0. The van der Waals surface area contributed by atoms with Crippen molar-refractivity contribution in [1.82, 2.24) is 19.1 Å². The fourth-order valence-corrected chi connectivity index (χ4v) is 4.30. The van der Waals surface area contributed by atoms with Gasteiger partial charge in [-0.15, -0.1) is 0 Å². The van der Waals surface area contributed by atoms with Crippen LogP contribution in [0.3, 0.4) is 0 Å². The largest absolute Gasteiger partial charge is 0.417 e. The van der Waals surface area contributed by atoms with Crippen LogP contribution in [0.2, 0.25) is 0 Å². The molecule has 0 radical (unpaired) electrons. The lowest BCUT2D eigenvalue weighted by Crippen LogP contribution is -2.05. The first-order valence-electron chi connectivity index (χ1n) is 8.14. The summed E-state index contributed by atoms with van der Waals surface area (Å²) in [5.41, 5.74) is -0.362. The Bertz CT molecular complexity index is 1270. The van der Waals surface area contributed by atoms with Gasteiger partial charge < -0.3 is 9.13 Å². The van der Waals surface area contributed by atoms with Crippen molar-refractivity contribution in [3.63, 3.8) is 0 Å². The highest BCUT2D eigenvalue weighted by Crippen LogP contribution is 2.38. The lowest BCUT2D eigenvalue weighted by molar-refractivity contribution is -0.138. The van der Waals surface area contributed by atoms with Crippen LogP contribution in [0.1, 0.15) is 11.1 Å². The van der Waals surface area contributed by atoms with E-state index < -0.39 is 23.5 Å². The second-order valence-corrected chi connectivity index (χ2v) is 7.59. The van der Waals surface area contributed by atoms with Crippen molar-refractivity contribution in [2.45, 2.75) is 12.4 Å². The summed E-state index contributed by atoms with van der Waals surface area (Å²) in [5.74, 6) is 0.309. The number of hydrogen-bond acceptors (Lipinski definition) is 2. The van der Waals surface area contributed by atoms with Gasteiger partial charge in [0, 0.05) is 34.8 Å². The molecule has 0 N–H and O–H groups in total. The van der Waals surface area contributed by atoms with Crippen LogP contribution in [0.15, 0.2) is 30.5 Å². The van der Waals surface area contributed by atoms with Gasteiger partial charge in [-0.1, -0.05) is 0 Å². The lowest BCUT2D eigenvalue weighted by atomic mass is 10.1. The minimum atomic E-state index is -4.55. The minimum absolute atomic E-state index is 0.0503. The predicted molar refractivity (Wildman–Crippen MR) is 103 cm³/mol. The first kappa shape index (κ1) is 20.0. The topological polar surface area (TPSA) is 35.6 Å². The monoisotopic (exact) mass is 524 g/mol. The number of pyridine rings is 1. The van der Waals surface area contributed by atoms with Crippen molar-refractivity contribution in [3.8, 4) is 11.5 Å². The van der Waals surface area contributed by atoms with E-state index in [4.69, 9.17) is 0 Å². The number of aromatic nitrogens is 4. The third kappa shape index (κ3) is 3.15. The zero-order chi connectivity index (χ0) is 21.3. The summed E-state index contributed by atoms with van der Waals surface area (Å²) in [6.45, 7) is 0. The summed E-state index contributed by atoms with van der Waals surface area (Å²) < 4.78 is 81.9. The third-order valence-electron chi connectivity index (χ3n) is 4.71. The summed E-state index contributed by atoms with van der Waals surface area (Å²) in [5, 5.41) is 0.383. The molecule has 0 saturated carbocycles. The maximum absolute atomic E-state index is 13.1. The van der Waals surface area contributed by atoms with Crippen molar-refractivity contribution < 1.29 is 26.3 Å². The van der Waals surface area contributed by atoms with E-state index in [1.54, 1.807) is 18.7 Å². The van der Waals surface area contributed by atoms with Crippen LogP contribution in [0.4, 0.5) is 26.3 Å². The summed E-state index contributed by atoms with van der Waals surface area (Å²) in [4.78, 5) is 8.17. The molecule has 4 nitrogen and oxygen atoms in total. The van der Waals surface area contributed by atoms with Crippen LogP contribution in [0.5, 0.6) is 0 Å². The molecule has 0 atom stereocenters. The Labute approximate surface area is 173 Å². The number of rotatable bonds is 1. The fraction of sp³-hybridized carbons (Fsp3) is 0.222. The maximum atomic E-state index is 13.1. The van der Waals surface area contributed by atoms with Crippen molar-refractivity contribution in [2.24, 2.45) is 14.1 Å². The van der Waals surface area contributed by atoms with Gasteiger partial charge in [-0.2, -0.15) is 26.3 Å². The van der Waals surface area contributed by atoms with Crippen molar-refractivity contribution in [1.29, 1.82) is 0 Å². The summed E-state index contributed by atoms with van der Waals surface area (Å²) in [7, 11) is 3.26. The molecule has 1 aromatic carbocycles. The molecule has 0 fully saturated rings. The zero-order valence-electron chi connectivity index (χ0n) is 14.8. The number of hydrogen-bond donors (Lipinski definition) is 0. The highest BCUT2D eigenvalue weighted by atomic mass is 127. The van der Waals surface area contributed by atoms with Gasteiger partial charge in [0.05, 0.1) is 16.8 Å². The molecule has 0 bridgehead atoms. The highest BCUT2D eigenvalue weighted by molar-refractivity contribution is 14.1. The van der Waals surface area contributed by atoms with Gasteiger partial charge in [0.25, 0.3) is 0 Å². The van der Waals surface area contributed by atoms with E-state index in [1.165, 1.54) is 10.6 Å². The summed E-state index contributed by atoms with van der Waals surface area (Å²) in [6.07, 6.45) is -8.31. The number of alkyl halides is 6. The van der Waals surface area contributed by atoms with Gasteiger partial charge in [0.1, 0.15) is 5.52 Å². The molecule has 0 aliphatic heterocycles. The fourth-order valence-electron chi connectivity index (χ4n) is 3.27. The number of nitrogens with zero attached hydrogens (tertiary/aromatic N) is 4. The second-order valence-electron chi connectivity index (χ2n) is 6.51. The molecule has 152 valence electrons. The maximum Gasteiger partial charge on any atom is 0.417 e. The predicted octanol–water partition coefficient (Wildman–Crippen LogP) is 5.77. The van der Waals surface area contributed by atoms with E-state index in [2.05, 4.69) is 9.97 Å². The molecule has 4 rings (SSSR count). The van der Waals surface area contributed by atoms with Gasteiger partial charge in [-0.05, 0) is 46.9 Å². The first-order chi connectivity index (χ1) is 13.4. The average molecular weight is 524 g/mol. The molecule has 29 heavy (non-hydrogen) atoms. The van der Waals surface area contributed by atoms with E-state index in [1.807, 2.05) is 22.6 Å². The number of aryl methyl sites for hydroxylation is 2. The molecular formula is C18H11F6IN4. The van der Waals surface area contributed by atoms with E-state index in [9.17, 15) is 26.3 Å². The molecule has 4 aromatic rings. The molecule has 3 heterocycles. The van der Waals surface area contributed by atoms with Crippen LogP contribution < -0.4 is 0 Å². The van der Waals surface area contributed by atoms with E-state index in [-0.39, 0.29) is 11.2 Å². The zero-order valence-corrected chi connectivity index (χ0v) is 17.0. The molecule has 0 spiro atoms. The van der Waals surface area contributed by atoms with Crippen molar-refractivity contribution >= 4 is 44.7 Å². The lowest BCUT2D eigenvalue weighted by Gasteiger charge is -2.07. The van der Waals surface area contributed by atoms with E-state index in [0.29, 0.717) is 26.0 Å². The SMILES string of the molecule is Cn1c(-c2nc3cc(C(F)(F)F)cnc3n2C)c(I)c2cc(C(F)(F)F)ccc21. The van der Waals surface area contributed by atoms with Gasteiger partial charge in [0.15, 0.2) is 11.5 Å². The van der Waals surface area contributed by atoms with Crippen LogP contribution >= 0.6 is 22.6 Å². The minimum Gasteiger partial charge on any atom is -0.340 e. The van der Waals surface area contributed by atoms with Gasteiger partial charge in [0.2, 0.25) is 0 Å². The van der Waals surface area contributed by atoms with Crippen molar-refractivity contribution in [2.75, 3.05) is 0 Å². The number of fused-ring (bicyclic) bond motifs is 2. The number of imidazole rings is 1. The quantitative estimate of drug-likeness (QED) is 0.234. The highest BCUT2D eigenvalue weighted by Gasteiger charge is 2.33. The molecule has 0 amide bonds. The second kappa shape index (κ2) is 6.34. The third-order valence-corrected chi connectivity index (χ3v) is 5.81. The Morgan fingerprint density at radius 3 is 2.17 bits per heavy atom. The van der Waals surface area contributed by atoms with Gasteiger partial charge in [-0.25, -0.2) is 9.97 Å². The molecule has 11 heteroatoms. The Morgan fingerprint density at radius 2 is 1.55 bits per heavy atom. The Hall–Kier alpha value is -2.31. The van der Waals surface area contributed by atoms with E-state index in [0.717, 1.165) is 24.4 Å². The number of halogens is 7. The molecule has 3 aromatic heterocycles. The smallest absolute Gasteiger partial charge is 0.340 e. The summed E-state index contributed by atoms with van der Waals surface area (Å²) >= 11 is 1.93. The van der Waals surface area contributed by atoms with Crippen LogP contribution in [0.25, 0.3) is 33.6 Å². The standard InChI is InChI=1S/C18H11F6IN4/c1-28-12-4-3-8(17(19,20)21)5-10(12)13(25)14(28)16-27-11-6-9(18(22,23)24)7-26-15(11)29(16)2/h3-7H,1-2H3. The van der Waals surface area contributed by atoms with Gasteiger partial charge >= 0.3 is 12.4 Å². The van der Waals surface area contributed by atoms with E-state index >= 15 is 0 Å². The average Bonchev–Trinajstić information content (AvgIpc) is 3.07. The molecular weight excluding hydrogens is 513 g/mol. The van der Waals surface area contributed by atoms with Crippen LogP contribution in [-0.4, -0.2) is 19.1 Å². The Kier molecular flexibility index (Phi) is 4.37. The molecule has 0 aliphatic rings. The van der Waals surface area contributed by atoms with Gasteiger partial charge in [-0.3, -0.25) is 0 Å². The summed E-state index contributed by atoms with van der Waals surface area (Å²) in [6, 6.07) is 4.33. The molecule has 0 saturated heterocycles. The van der Waals surface area contributed by atoms with Crippen LogP contribution in [0, 0.1) is 3.57 Å². The number of benzene rings is 1. The Balaban J connectivity index is 1.97. The first-order valence-corrected chi connectivity index (χ1v) is 9.22. The molecule has 0 aliphatic carbocycles. The van der Waals surface area contributed by atoms with Crippen LogP contribution in [-0.2, 0) is 26.4 Å². The Morgan fingerprint density at radius 1 is 0.897 bits per heavy atom.